The van der Waals surface area contributed by atoms with Crippen molar-refractivity contribution in [2.24, 2.45) is 5.92 Å². The molecule has 0 aromatic carbocycles. The van der Waals surface area contributed by atoms with Crippen molar-refractivity contribution in [3.8, 4) is 0 Å². The average Bonchev–Trinajstić information content (AvgIpc) is 2.72. The predicted octanol–water partition coefficient (Wildman–Crippen LogP) is 1.08. The van der Waals surface area contributed by atoms with Gasteiger partial charge in [-0.2, -0.15) is 0 Å². The summed E-state index contributed by atoms with van der Waals surface area (Å²) >= 11 is 0. The Morgan fingerprint density at radius 2 is 2.29 bits per heavy atom. The Bertz CT molecular complexity index is 231. The van der Waals surface area contributed by atoms with E-state index in [1.54, 1.807) is 0 Å². The highest BCUT2D eigenvalue weighted by atomic mass is 35.5. The largest absolute Gasteiger partial charge is 0.396 e. The molecule has 1 fully saturated rings. The van der Waals surface area contributed by atoms with Crippen LogP contribution in [0.2, 0.25) is 0 Å². The van der Waals surface area contributed by atoms with Gasteiger partial charge in [0.25, 0.3) is 0 Å². The first kappa shape index (κ1) is 16.7. The second kappa shape index (κ2) is 7.90. The number of nitrogens with one attached hydrogen (secondary N) is 2. The summed E-state index contributed by atoms with van der Waals surface area (Å²) in [5.74, 6) is 0.486. The third-order valence-electron chi connectivity index (χ3n) is 3.54. The Kier molecular flexibility index (Phi) is 7.75. The second-order valence-electron chi connectivity index (χ2n) is 4.86. The summed E-state index contributed by atoms with van der Waals surface area (Å²) in [7, 11) is 0. The fourth-order valence-electron chi connectivity index (χ4n) is 2.15. The number of hydrogen-bond acceptors (Lipinski definition) is 3. The van der Waals surface area contributed by atoms with Crippen molar-refractivity contribution in [3.05, 3.63) is 0 Å². The van der Waals surface area contributed by atoms with Crippen LogP contribution in [0.1, 0.15) is 39.5 Å². The molecule has 0 aliphatic carbocycles. The van der Waals surface area contributed by atoms with Crippen LogP contribution in [0.3, 0.4) is 0 Å². The third kappa shape index (κ3) is 4.82. The van der Waals surface area contributed by atoms with Crippen molar-refractivity contribution >= 4 is 18.3 Å². The molecule has 0 aromatic heterocycles. The number of hydrogen-bond donors (Lipinski definition) is 3. The van der Waals surface area contributed by atoms with Crippen LogP contribution in [0.15, 0.2) is 0 Å². The molecular weight excluding hydrogens is 240 g/mol. The summed E-state index contributed by atoms with van der Waals surface area (Å²) in [5, 5.41) is 15.1. The lowest BCUT2D eigenvalue weighted by atomic mass is 9.98. The van der Waals surface area contributed by atoms with Crippen LogP contribution in [-0.4, -0.2) is 36.2 Å². The van der Waals surface area contributed by atoms with Gasteiger partial charge in [0.2, 0.25) is 5.91 Å². The summed E-state index contributed by atoms with van der Waals surface area (Å²) in [6.07, 6.45) is 3.74. The number of aliphatic hydroxyl groups is 1. The van der Waals surface area contributed by atoms with Gasteiger partial charge in [0.15, 0.2) is 0 Å². The molecule has 1 heterocycles. The van der Waals surface area contributed by atoms with E-state index in [4.69, 9.17) is 5.11 Å². The average molecular weight is 265 g/mol. The molecule has 2 unspecified atom stereocenters. The molecule has 0 radical (unpaired) electrons. The smallest absolute Gasteiger partial charge is 0.240 e. The number of amides is 1. The van der Waals surface area contributed by atoms with Crippen LogP contribution in [0, 0.1) is 5.92 Å². The Balaban J connectivity index is 0.00000256. The summed E-state index contributed by atoms with van der Waals surface area (Å²) in [5.41, 5.74) is -0.377. The van der Waals surface area contributed by atoms with Gasteiger partial charge in [-0.25, -0.2) is 0 Å². The van der Waals surface area contributed by atoms with E-state index in [2.05, 4.69) is 17.6 Å². The zero-order valence-corrected chi connectivity index (χ0v) is 11.6. The van der Waals surface area contributed by atoms with Gasteiger partial charge in [0, 0.05) is 13.2 Å². The monoisotopic (exact) mass is 264 g/mol. The SMILES string of the molecule is CCC(CCO)CNC(=O)C1(C)CCCN1.Cl. The van der Waals surface area contributed by atoms with E-state index in [1.165, 1.54) is 0 Å². The quantitative estimate of drug-likeness (QED) is 0.673. The minimum atomic E-state index is -0.377. The predicted molar refractivity (Wildman–Crippen MR) is 71.4 cm³/mol. The van der Waals surface area contributed by atoms with Crippen LogP contribution in [0.4, 0.5) is 0 Å². The molecule has 0 bridgehead atoms. The van der Waals surface area contributed by atoms with Gasteiger partial charge in [0.1, 0.15) is 0 Å². The molecule has 0 saturated carbocycles. The van der Waals surface area contributed by atoms with E-state index in [0.717, 1.165) is 32.2 Å². The Morgan fingerprint density at radius 3 is 2.76 bits per heavy atom. The topological polar surface area (TPSA) is 61.4 Å². The molecule has 17 heavy (non-hydrogen) atoms. The van der Waals surface area contributed by atoms with E-state index in [1.807, 2.05) is 6.92 Å². The first-order valence-corrected chi connectivity index (χ1v) is 6.26. The maximum Gasteiger partial charge on any atom is 0.240 e. The first-order chi connectivity index (χ1) is 7.62. The Morgan fingerprint density at radius 1 is 1.59 bits per heavy atom. The van der Waals surface area contributed by atoms with Crippen LogP contribution < -0.4 is 10.6 Å². The van der Waals surface area contributed by atoms with Gasteiger partial charge in [-0.1, -0.05) is 13.3 Å². The van der Waals surface area contributed by atoms with Crippen molar-refractivity contribution in [2.45, 2.75) is 45.1 Å². The Labute approximate surface area is 110 Å². The molecule has 0 aromatic rings. The van der Waals surface area contributed by atoms with Crippen molar-refractivity contribution in [1.82, 2.24) is 10.6 Å². The molecular formula is C12H25ClN2O2. The van der Waals surface area contributed by atoms with Gasteiger partial charge in [-0.05, 0) is 38.6 Å². The van der Waals surface area contributed by atoms with Crippen molar-refractivity contribution in [1.29, 1.82) is 0 Å². The van der Waals surface area contributed by atoms with Gasteiger partial charge in [-0.15, -0.1) is 12.4 Å². The van der Waals surface area contributed by atoms with Gasteiger partial charge in [0.05, 0.1) is 5.54 Å². The minimum Gasteiger partial charge on any atom is -0.396 e. The lowest BCUT2D eigenvalue weighted by Crippen LogP contribution is -2.52. The van der Waals surface area contributed by atoms with Gasteiger partial charge in [-0.3, -0.25) is 4.79 Å². The molecule has 1 aliphatic heterocycles. The zero-order chi connectivity index (χ0) is 12.0. The van der Waals surface area contributed by atoms with Crippen LogP contribution in [0.25, 0.3) is 0 Å². The number of aliphatic hydroxyl groups excluding tert-OH is 1. The van der Waals surface area contributed by atoms with Gasteiger partial charge < -0.3 is 15.7 Å². The maximum absolute atomic E-state index is 12.0. The molecule has 1 amide bonds. The van der Waals surface area contributed by atoms with Crippen molar-refractivity contribution in [2.75, 3.05) is 19.7 Å². The lowest BCUT2D eigenvalue weighted by molar-refractivity contribution is -0.126. The lowest BCUT2D eigenvalue weighted by Gasteiger charge is -2.24. The molecule has 102 valence electrons. The summed E-state index contributed by atoms with van der Waals surface area (Å²) < 4.78 is 0. The fourth-order valence-corrected chi connectivity index (χ4v) is 2.15. The number of carbonyl (C=O) groups is 1. The van der Waals surface area contributed by atoms with Crippen LogP contribution in [-0.2, 0) is 4.79 Å². The fraction of sp³-hybridized carbons (Fsp3) is 0.917. The third-order valence-corrected chi connectivity index (χ3v) is 3.54. The molecule has 5 heteroatoms. The molecule has 1 aliphatic rings. The van der Waals surface area contributed by atoms with E-state index >= 15 is 0 Å². The molecule has 0 spiro atoms. The van der Waals surface area contributed by atoms with Crippen LogP contribution in [0.5, 0.6) is 0 Å². The maximum atomic E-state index is 12.0. The van der Waals surface area contributed by atoms with E-state index < -0.39 is 0 Å². The van der Waals surface area contributed by atoms with E-state index in [9.17, 15) is 4.79 Å². The summed E-state index contributed by atoms with van der Waals surface area (Å²) in [6.45, 7) is 5.85. The highest BCUT2D eigenvalue weighted by Gasteiger charge is 2.35. The van der Waals surface area contributed by atoms with Crippen molar-refractivity contribution < 1.29 is 9.90 Å². The first-order valence-electron chi connectivity index (χ1n) is 6.26. The molecule has 1 rings (SSSR count). The summed E-state index contributed by atoms with van der Waals surface area (Å²) in [6, 6.07) is 0. The number of rotatable bonds is 6. The van der Waals surface area contributed by atoms with Crippen LogP contribution >= 0.6 is 12.4 Å². The normalized spacial score (nSPS) is 25.1. The summed E-state index contributed by atoms with van der Waals surface area (Å²) in [4.78, 5) is 12.0. The molecule has 1 saturated heterocycles. The zero-order valence-electron chi connectivity index (χ0n) is 10.8. The number of halogens is 1. The van der Waals surface area contributed by atoms with E-state index in [-0.39, 0.29) is 30.5 Å². The standard InChI is InChI=1S/C12H24N2O2.ClH/c1-3-10(5-8-15)9-13-11(16)12(2)6-4-7-14-12;/h10,14-15H,3-9H2,1-2H3,(H,13,16);1H. The molecule has 2 atom stereocenters. The second-order valence-corrected chi connectivity index (χ2v) is 4.86. The van der Waals surface area contributed by atoms with Crippen molar-refractivity contribution in [3.63, 3.8) is 0 Å². The highest BCUT2D eigenvalue weighted by Crippen LogP contribution is 2.18. The Hall–Kier alpha value is -0.320. The molecule has 3 N–H and O–H groups in total. The highest BCUT2D eigenvalue weighted by molar-refractivity contribution is 5.86. The minimum absolute atomic E-state index is 0. The van der Waals surface area contributed by atoms with E-state index in [0.29, 0.717) is 12.5 Å². The van der Waals surface area contributed by atoms with Gasteiger partial charge >= 0.3 is 0 Å². The number of carbonyl (C=O) groups excluding carboxylic acids is 1. The molecule has 4 nitrogen and oxygen atoms in total.